The van der Waals surface area contributed by atoms with E-state index in [9.17, 15) is 14.3 Å². The Bertz CT molecular complexity index is 545. The number of nitrogens with one attached hydrogen (secondary N) is 1. The van der Waals surface area contributed by atoms with Crippen molar-refractivity contribution in [1.29, 1.82) is 0 Å². The van der Waals surface area contributed by atoms with Gasteiger partial charge in [-0.3, -0.25) is 13.8 Å². The van der Waals surface area contributed by atoms with E-state index in [4.69, 9.17) is 14.0 Å². The molecule has 2 N–H and O–H groups in total. The third-order valence-corrected chi connectivity index (χ3v) is 6.09. The molecule has 3 unspecified atom stereocenters. The van der Waals surface area contributed by atoms with E-state index in [1.165, 1.54) is 7.11 Å². The Kier molecular flexibility index (Phi) is 9.99. The van der Waals surface area contributed by atoms with Gasteiger partial charge < -0.3 is 28.6 Å². The Morgan fingerprint density at radius 2 is 1.89 bits per heavy atom. The zero-order valence-electron chi connectivity index (χ0n) is 18.0. The van der Waals surface area contributed by atoms with Crippen LogP contribution in [-0.4, -0.2) is 120 Å². The van der Waals surface area contributed by atoms with Crippen molar-refractivity contribution in [3.8, 4) is 0 Å². The molecular weight excluding hydrogens is 389 g/mol. The monoisotopic (exact) mass is 427 g/mol. The summed E-state index contributed by atoms with van der Waals surface area (Å²) in [7, 11) is 7.07. The lowest BCUT2D eigenvalue weighted by atomic mass is 10.1. The minimum atomic E-state index is -4.02. The van der Waals surface area contributed by atoms with Gasteiger partial charge in [0.25, 0.3) is 5.91 Å². The molecule has 0 spiro atoms. The molecule has 1 aliphatic rings. The first-order chi connectivity index (χ1) is 12.9. The lowest BCUT2D eigenvalue weighted by Gasteiger charge is -2.46. The van der Waals surface area contributed by atoms with Crippen molar-refractivity contribution in [3.05, 3.63) is 0 Å². The van der Waals surface area contributed by atoms with E-state index < -0.39 is 13.9 Å². The van der Waals surface area contributed by atoms with Gasteiger partial charge in [0.15, 0.2) is 0 Å². The summed E-state index contributed by atoms with van der Waals surface area (Å²) in [5, 5.41) is 3.01. The zero-order chi connectivity index (χ0) is 21.4. The molecule has 0 aromatic carbocycles. The van der Waals surface area contributed by atoms with Crippen molar-refractivity contribution < 1.29 is 41.7 Å². The smallest absolute Gasteiger partial charge is 0.379 e. The van der Waals surface area contributed by atoms with Gasteiger partial charge in [0.05, 0.1) is 41.4 Å². The average molecular weight is 427 g/mol. The van der Waals surface area contributed by atoms with Crippen LogP contribution in [0, 0.1) is 0 Å². The molecule has 1 aliphatic heterocycles. The lowest BCUT2D eigenvalue weighted by molar-refractivity contribution is -1.01. The highest BCUT2D eigenvalue weighted by Gasteiger charge is 2.45. The Morgan fingerprint density at radius 1 is 1.21 bits per heavy atom. The van der Waals surface area contributed by atoms with Crippen LogP contribution in [0.2, 0.25) is 0 Å². The second kappa shape index (κ2) is 11.0. The second-order valence-electron chi connectivity index (χ2n) is 8.38. The average Bonchev–Trinajstić information content (AvgIpc) is 2.62. The number of rotatable bonds is 12. The largest absolute Gasteiger partial charge is 0.472 e. The molecule has 11 heteroatoms. The van der Waals surface area contributed by atoms with E-state index in [2.05, 4.69) is 38.0 Å². The number of hydrogen-bond donors (Lipinski definition) is 2. The van der Waals surface area contributed by atoms with E-state index in [1.54, 1.807) is 0 Å². The maximum atomic E-state index is 12.6. The Labute approximate surface area is 168 Å². The summed E-state index contributed by atoms with van der Waals surface area (Å²) in [4.78, 5) is 21.8. The summed E-state index contributed by atoms with van der Waals surface area (Å²) >= 11 is 0. The van der Waals surface area contributed by atoms with Crippen LogP contribution in [-0.2, 0) is 27.9 Å². The molecule has 0 aromatic heterocycles. The fourth-order valence-electron chi connectivity index (χ4n) is 3.00. The van der Waals surface area contributed by atoms with Gasteiger partial charge in [0.1, 0.15) is 25.7 Å². The third kappa shape index (κ3) is 8.84. The third-order valence-electron chi connectivity index (χ3n) is 5.15. The first-order valence-corrected chi connectivity index (χ1v) is 11.0. The van der Waals surface area contributed by atoms with Crippen LogP contribution in [0.5, 0.6) is 0 Å². The van der Waals surface area contributed by atoms with Gasteiger partial charge in [0, 0.05) is 27.4 Å². The molecule has 3 atom stereocenters. The number of methoxy groups -OCH3 is 1. The number of ether oxygens (including phenoxy) is 2. The standard InChI is InChI=1S/C17H36N3O7P/c1-19(2)9-10-20(3,4)16(12-19)17(21)18-8-7-11-26-13-15(24-5)14-27-28(22,23)25-6/h15-16H,7-14H2,1-6H3/p+2. The van der Waals surface area contributed by atoms with E-state index in [0.717, 1.165) is 31.2 Å². The van der Waals surface area contributed by atoms with Crippen molar-refractivity contribution in [3.63, 3.8) is 0 Å². The number of nitrogens with zero attached hydrogens (tertiary/aromatic N) is 2. The number of phosphoric ester groups is 1. The molecule has 1 saturated heterocycles. The Balaban J connectivity index is 2.25. The number of quaternary nitrogens is 2. The summed E-state index contributed by atoms with van der Waals surface area (Å²) in [6, 6.07) is -0.0605. The van der Waals surface area contributed by atoms with Crippen molar-refractivity contribution in [1.82, 2.24) is 5.32 Å². The highest BCUT2D eigenvalue weighted by atomic mass is 31.2. The van der Waals surface area contributed by atoms with Gasteiger partial charge in [-0.2, -0.15) is 0 Å². The number of phosphoric acid groups is 1. The molecule has 0 aromatic rings. The highest BCUT2D eigenvalue weighted by Crippen LogP contribution is 2.41. The summed E-state index contributed by atoms with van der Waals surface area (Å²) < 4.78 is 32.6. The van der Waals surface area contributed by atoms with Crippen molar-refractivity contribution in [2.45, 2.75) is 18.6 Å². The van der Waals surface area contributed by atoms with Crippen LogP contribution < -0.4 is 5.32 Å². The molecule has 1 amide bonds. The molecule has 0 aliphatic carbocycles. The number of amides is 1. The van der Waals surface area contributed by atoms with E-state index >= 15 is 0 Å². The summed E-state index contributed by atoms with van der Waals surface area (Å²) in [6.45, 7) is 3.92. The first-order valence-electron chi connectivity index (χ1n) is 9.48. The molecule has 1 heterocycles. The maximum absolute atomic E-state index is 12.6. The molecule has 0 radical (unpaired) electrons. The van der Waals surface area contributed by atoms with Gasteiger partial charge in [-0.1, -0.05) is 0 Å². The quantitative estimate of drug-likeness (QED) is 0.253. The predicted octanol–water partition coefficient (Wildman–Crippen LogP) is -0.177. The summed E-state index contributed by atoms with van der Waals surface area (Å²) in [5.74, 6) is 0.0809. The van der Waals surface area contributed by atoms with Crippen molar-refractivity contribution >= 4 is 13.7 Å². The Morgan fingerprint density at radius 3 is 2.50 bits per heavy atom. The van der Waals surface area contributed by atoms with Gasteiger partial charge in [-0.15, -0.1) is 0 Å². The first kappa shape index (κ1) is 25.5. The van der Waals surface area contributed by atoms with E-state index in [0.29, 0.717) is 24.1 Å². The molecule has 1 fully saturated rings. The fourth-order valence-corrected chi connectivity index (χ4v) is 3.46. The van der Waals surface area contributed by atoms with Gasteiger partial charge in [-0.05, 0) is 6.42 Å². The predicted molar refractivity (Wildman–Crippen MR) is 105 cm³/mol. The molecular formula is C17H38N3O7P+2. The maximum Gasteiger partial charge on any atom is 0.472 e. The van der Waals surface area contributed by atoms with E-state index in [-0.39, 0.29) is 25.2 Å². The number of carbonyl (C=O) groups is 1. The topological polar surface area (TPSA) is 103 Å². The van der Waals surface area contributed by atoms with Crippen LogP contribution >= 0.6 is 7.82 Å². The molecule has 1 rings (SSSR count). The van der Waals surface area contributed by atoms with Crippen molar-refractivity contribution in [2.75, 3.05) is 88.4 Å². The fraction of sp³-hybridized carbons (Fsp3) is 0.941. The van der Waals surface area contributed by atoms with Crippen LogP contribution in [0.25, 0.3) is 0 Å². The van der Waals surface area contributed by atoms with Crippen LogP contribution in [0.4, 0.5) is 0 Å². The normalized spacial score (nSPS) is 24.3. The molecule has 0 bridgehead atoms. The molecule has 166 valence electrons. The number of carbonyl (C=O) groups excluding carboxylic acids is 1. The summed E-state index contributed by atoms with van der Waals surface area (Å²) in [5.41, 5.74) is 0. The minimum absolute atomic E-state index is 0.0605. The zero-order valence-corrected chi connectivity index (χ0v) is 18.9. The van der Waals surface area contributed by atoms with Crippen LogP contribution in [0.15, 0.2) is 0 Å². The van der Waals surface area contributed by atoms with Gasteiger partial charge in [-0.25, -0.2) is 4.57 Å². The number of hydrogen-bond acceptors (Lipinski definition) is 6. The van der Waals surface area contributed by atoms with Crippen molar-refractivity contribution in [2.24, 2.45) is 0 Å². The molecule has 10 nitrogen and oxygen atoms in total. The SMILES string of the molecule is COC(COCCCNC(=O)C1C[N+](C)(C)CC[N+]1(C)C)COP(=O)(O)OC. The molecule has 28 heavy (non-hydrogen) atoms. The highest BCUT2D eigenvalue weighted by molar-refractivity contribution is 7.47. The van der Waals surface area contributed by atoms with Crippen LogP contribution in [0.3, 0.4) is 0 Å². The number of piperazine rings is 1. The molecule has 0 saturated carbocycles. The lowest BCUT2D eigenvalue weighted by Crippen LogP contribution is -2.70. The summed E-state index contributed by atoms with van der Waals surface area (Å²) in [6.07, 6.45) is 0.184. The Hall–Kier alpha value is -0.580. The number of likely N-dealkylation sites (N-methyl/N-ethyl adjacent to an activating group) is 2. The van der Waals surface area contributed by atoms with Gasteiger partial charge in [0.2, 0.25) is 6.04 Å². The second-order valence-corrected chi connectivity index (χ2v) is 9.94. The minimum Gasteiger partial charge on any atom is -0.379 e. The van der Waals surface area contributed by atoms with E-state index in [1.807, 2.05) is 0 Å². The van der Waals surface area contributed by atoms with Crippen LogP contribution in [0.1, 0.15) is 6.42 Å². The van der Waals surface area contributed by atoms with Gasteiger partial charge >= 0.3 is 7.82 Å².